The number of carbonyl (C=O) groups excluding carboxylic acids is 1. The summed E-state index contributed by atoms with van der Waals surface area (Å²) in [7, 11) is -3.63. The first kappa shape index (κ1) is 25.8. The number of carbonyl (C=O) groups is 1. The van der Waals surface area contributed by atoms with Crippen molar-refractivity contribution in [3.05, 3.63) is 59.8 Å². The third-order valence-corrected chi connectivity index (χ3v) is 6.43. The molecule has 0 fully saturated rings. The molecule has 0 saturated carbocycles. The van der Waals surface area contributed by atoms with E-state index in [1.807, 2.05) is 0 Å². The lowest BCUT2D eigenvalue weighted by Gasteiger charge is -2.15. The average Bonchev–Trinajstić information content (AvgIpc) is 3.22. The number of pyridine rings is 1. The van der Waals surface area contributed by atoms with Crippen LogP contribution in [0.25, 0.3) is 22.4 Å². The van der Waals surface area contributed by atoms with E-state index in [-0.39, 0.29) is 52.1 Å². The van der Waals surface area contributed by atoms with Gasteiger partial charge in [-0.1, -0.05) is 5.16 Å². The molecule has 10 nitrogen and oxygen atoms in total. The topological polar surface area (TPSA) is 133 Å². The summed E-state index contributed by atoms with van der Waals surface area (Å²) in [5.41, 5.74) is 1.71. The lowest BCUT2D eigenvalue weighted by atomic mass is 10.1. The summed E-state index contributed by atoms with van der Waals surface area (Å²) in [6.45, 7) is 4.90. The Balaban J connectivity index is 1.89. The van der Waals surface area contributed by atoms with Crippen LogP contribution in [-0.2, 0) is 14.8 Å². The van der Waals surface area contributed by atoms with Gasteiger partial charge in [0.1, 0.15) is 22.8 Å². The highest BCUT2D eigenvalue weighted by Gasteiger charge is 2.20. The molecular formula is C24H22F2N4O6S. The predicted molar refractivity (Wildman–Crippen MR) is 132 cm³/mol. The van der Waals surface area contributed by atoms with Crippen LogP contribution in [0.15, 0.2) is 47.0 Å². The molecule has 13 heteroatoms. The van der Waals surface area contributed by atoms with Crippen LogP contribution >= 0.6 is 0 Å². The Kier molecular flexibility index (Phi) is 7.25. The fourth-order valence-corrected chi connectivity index (χ4v) is 3.98. The maximum Gasteiger partial charge on any atom is 0.411 e. The summed E-state index contributed by atoms with van der Waals surface area (Å²) in [6, 6.07) is 8.56. The number of amides is 1. The van der Waals surface area contributed by atoms with Gasteiger partial charge in [0.15, 0.2) is 11.6 Å². The van der Waals surface area contributed by atoms with Crippen molar-refractivity contribution < 1.29 is 36.0 Å². The number of rotatable bonds is 8. The molecule has 0 unspecified atom stereocenters. The highest BCUT2D eigenvalue weighted by molar-refractivity contribution is 7.92. The average molecular weight is 533 g/mol. The van der Waals surface area contributed by atoms with E-state index in [0.29, 0.717) is 17.3 Å². The number of anilines is 2. The number of fused-ring (bicyclic) bond motifs is 1. The van der Waals surface area contributed by atoms with Crippen LogP contribution in [0, 0.1) is 18.6 Å². The number of hydrogen-bond donors (Lipinski definition) is 2. The van der Waals surface area contributed by atoms with Crippen LogP contribution in [0.1, 0.15) is 19.5 Å². The second-order valence-electron chi connectivity index (χ2n) is 7.74. The van der Waals surface area contributed by atoms with Gasteiger partial charge in [0.2, 0.25) is 15.6 Å². The summed E-state index contributed by atoms with van der Waals surface area (Å²) in [5.74, 6) is -2.08. The fourth-order valence-electron chi connectivity index (χ4n) is 3.35. The Morgan fingerprint density at radius 1 is 1.08 bits per heavy atom. The molecular weight excluding hydrogens is 510 g/mol. The third-order valence-electron chi connectivity index (χ3n) is 5.12. The van der Waals surface area contributed by atoms with Crippen LogP contribution < -0.4 is 14.8 Å². The normalized spacial score (nSPS) is 11.4. The molecule has 2 N–H and O–H groups in total. The van der Waals surface area contributed by atoms with Gasteiger partial charge >= 0.3 is 6.09 Å². The van der Waals surface area contributed by atoms with Crippen molar-refractivity contribution in [3.63, 3.8) is 0 Å². The van der Waals surface area contributed by atoms with Crippen molar-refractivity contribution >= 4 is 38.6 Å². The molecule has 194 valence electrons. The standard InChI is InChI=1S/C24H22F2N4O6S/c1-4-34-24(31)28-19-12-18(27-22-13(3)29-36-23(19)22)16-11-15(30-37(32,33)5-2)7-9-20(16)35-21-8-6-14(25)10-17(21)26/h6-12,30H,4-5H2,1-3H3,(H,27,28,31). The maximum atomic E-state index is 14.4. The van der Waals surface area contributed by atoms with Gasteiger partial charge < -0.3 is 14.0 Å². The lowest BCUT2D eigenvalue weighted by molar-refractivity contribution is 0.168. The number of aryl methyl sites for hydroxylation is 1. The minimum absolute atomic E-state index is 0.0768. The molecule has 4 aromatic rings. The minimum atomic E-state index is -3.63. The lowest BCUT2D eigenvalue weighted by Crippen LogP contribution is -2.14. The number of ether oxygens (including phenoxy) is 2. The predicted octanol–water partition coefficient (Wildman–Crippen LogP) is 5.60. The van der Waals surface area contributed by atoms with E-state index >= 15 is 0 Å². The van der Waals surface area contributed by atoms with E-state index in [4.69, 9.17) is 14.0 Å². The number of hydrogen-bond acceptors (Lipinski definition) is 8. The quantitative estimate of drug-likeness (QED) is 0.300. The van der Waals surface area contributed by atoms with Gasteiger partial charge in [0.05, 0.1) is 23.7 Å². The van der Waals surface area contributed by atoms with Gasteiger partial charge in [-0.2, -0.15) is 0 Å². The first-order valence-corrected chi connectivity index (χ1v) is 12.7. The Labute approximate surface area is 210 Å². The van der Waals surface area contributed by atoms with Crippen molar-refractivity contribution in [2.24, 2.45) is 0 Å². The second-order valence-corrected chi connectivity index (χ2v) is 9.75. The molecule has 0 aliphatic rings. The number of nitrogens with one attached hydrogen (secondary N) is 2. The van der Waals surface area contributed by atoms with E-state index < -0.39 is 27.8 Å². The molecule has 1 amide bonds. The summed E-state index contributed by atoms with van der Waals surface area (Å²) in [5, 5.41) is 6.46. The zero-order chi connectivity index (χ0) is 26.7. The van der Waals surface area contributed by atoms with Crippen molar-refractivity contribution in [2.75, 3.05) is 22.4 Å². The molecule has 0 radical (unpaired) electrons. The van der Waals surface area contributed by atoms with E-state index in [1.54, 1.807) is 13.8 Å². The van der Waals surface area contributed by atoms with Crippen molar-refractivity contribution in [2.45, 2.75) is 20.8 Å². The van der Waals surface area contributed by atoms with Crippen LogP contribution in [0.3, 0.4) is 0 Å². The van der Waals surface area contributed by atoms with Crippen molar-refractivity contribution in [1.29, 1.82) is 0 Å². The Morgan fingerprint density at radius 2 is 1.84 bits per heavy atom. The van der Waals surface area contributed by atoms with E-state index in [0.717, 1.165) is 12.1 Å². The van der Waals surface area contributed by atoms with E-state index in [2.05, 4.69) is 20.2 Å². The highest BCUT2D eigenvalue weighted by atomic mass is 32.2. The highest BCUT2D eigenvalue weighted by Crippen LogP contribution is 2.39. The molecule has 0 bridgehead atoms. The monoisotopic (exact) mass is 532 g/mol. The molecule has 0 aliphatic carbocycles. The SMILES string of the molecule is CCOC(=O)Nc1cc(-c2cc(NS(=O)(=O)CC)ccc2Oc2ccc(F)cc2F)nc2c(C)noc12. The maximum absolute atomic E-state index is 14.4. The number of nitrogens with zero attached hydrogens (tertiary/aromatic N) is 2. The Bertz CT molecular complexity index is 1590. The van der Waals surface area contributed by atoms with Gasteiger partial charge in [-0.05, 0) is 57.2 Å². The van der Waals surface area contributed by atoms with Gasteiger partial charge in [0.25, 0.3) is 0 Å². The van der Waals surface area contributed by atoms with Gasteiger partial charge in [-0.15, -0.1) is 0 Å². The second kappa shape index (κ2) is 10.4. The first-order valence-electron chi connectivity index (χ1n) is 11.1. The van der Waals surface area contributed by atoms with Crippen molar-refractivity contribution in [3.8, 4) is 22.8 Å². The largest absolute Gasteiger partial charge is 0.454 e. The number of sulfonamides is 1. The number of benzene rings is 2. The van der Waals surface area contributed by atoms with Crippen LogP contribution in [-0.4, -0.2) is 37.0 Å². The van der Waals surface area contributed by atoms with Crippen molar-refractivity contribution in [1.82, 2.24) is 10.1 Å². The van der Waals surface area contributed by atoms with E-state index in [9.17, 15) is 22.0 Å². The zero-order valence-corrected chi connectivity index (χ0v) is 20.8. The zero-order valence-electron chi connectivity index (χ0n) is 20.0. The molecule has 2 heterocycles. The van der Waals surface area contributed by atoms with Crippen LogP contribution in [0.2, 0.25) is 0 Å². The third kappa shape index (κ3) is 5.77. The molecule has 0 atom stereocenters. The molecule has 0 saturated heterocycles. The van der Waals surface area contributed by atoms with Gasteiger partial charge in [0, 0.05) is 17.3 Å². The summed E-state index contributed by atoms with van der Waals surface area (Å²) >= 11 is 0. The first-order chi connectivity index (χ1) is 17.6. The molecule has 37 heavy (non-hydrogen) atoms. The van der Waals surface area contributed by atoms with Gasteiger partial charge in [-0.25, -0.2) is 27.0 Å². The smallest absolute Gasteiger partial charge is 0.411 e. The summed E-state index contributed by atoms with van der Waals surface area (Å²) in [6.07, 6.45) is -0.746. The molecule has 2 aromatic heterocycles. The van der Waals surface area contributed by atoms with Crippen LogP contribution in [0.5, 0.6) is 11.5 Å². The Hall–Kier alpha value is -4.26. The molecule has 0 aliphatic heterocycles. The van der Waals surface area contributed by atoms with Crippen LogP contribution in [0.4, 0.5) is 25.0 Å². The fraction of sp³-hybridized carbons (Fsp3) is 0.208. The summed E-state index contributed by atoms with van der Waals surface area (Å²) in [4.78, 5) is 16.7. The van der Waals surface area contributed by atoms with Gasteiger partial charge in [-0.3, -0.25) is 10.0 Å². The number of aromatic nitrogens is 2. The number of halogens is 2. The summed E-state index contributed by atoms with van der Waals surface area (Å²) < 4.78 is 70.5. The Morgan fingerprint density at radius 3 is 2.54 bits per heavy atom. The van der Waals surface area contributed by atoms with E-state index in [1.165, 1.54) is 31.2 Å². The minimum Gasteiger partial charge on any atom is -0.454 e. The molecule has 0 spiro atoms. The molecule has 2 aromatic carbocycles. The molecule has 4 rings (SSSR count).